The van der Waals surface area contributed by atoms with Crippen LogP contribution in [0.3, 0.4) is 0 Å². The van der Waals surface area contributed by atoms with Crippen LogP contribution in [0.1, 0.15) is 23.1 Å². The number of thioether (sulfide) groups is 1. The molecule has 0 unspecified atom stereocenters. The third kappa shape index (κ3) is 5.01. The molecule has 0 saturated carbocycles. The molecular weight excluding hydrogens is 376 g/mol. The third-order valence-corrected chi connectivity index (χ3v) is 4.91. The maximum atomic E-state index is 12.3. The number of hydrogen-bond acceptors (Lipinski definition) is 5. The first-order valence-corrected chi connectivity index (χ1v) is 9.54. The van der Waals surface area contributed by atoms with E-state index in [0.717, 1.165) is 16.8 Å². The number of para-hydroxylation sites is 1. The molecule has 1 aliphatic rings. The number of aliphatic carboxylic acids is 1. The van der Waals surface area contributed by atoms with Crippen molar-refractivity contribution in [2.24, 2.45) is 4.99 Å². The quantitative estimate of drug-likeness (QED) is 0.719. The molecule has 28 heavy (non-hydrogen) atoms. The van der Waals surface area contributed by atoms with Crippen molar-refractivity contribution in [3.63, 3.8) is 0 Å². The van der Waals surface area contributed by atoms with E-state index in [2.05, 4.69) is 10.3 Å². The Balaban J connectivity index is 1.79. The Morgan fingerprint density at radius 2 is 2.04 bits per heavy atom. The average Bonchev–Trinajstić information content (AvgIpc) is 2.98. The molecule has 1 amide bonds. The summed E-state index contributed by atoms with van der Waals surface area (Å²) >= 11 is 1.26. The molecule has 2 aromatic rings. The van der Waals surface area contributed by atoms with E-state index in [0.29, 0.717) is 21.4 Å². The highest BCUT2D eigenvalue weighted by Crippen LogP contribution is 2.31. The number of nitrogens with one attached hydrogen (secondary N) is 1. The highest BCUT2D eigenvalue weighted by molar-refractivity contribution is 8.18. The van der Waals surface area contributed by atoms with Crippen LogP contribution < -0.4 is 10.1 Å². The maximum Gasteiger partial charge on any atom is 0.306 e. The number of rotatable bonds is 6. The molecule has 2 N–H and O–H groups in total. The van der Waals surface area contributed by atoms with Gasteiger partial charge in [-0.2, -0.15) is 0 Å². The Morgan fingerprint density at radius 3 is 2.79 bits per heavy atom. The first-order chi connectivity index (χ1) is 13.4. The lowest BCUT2D eigenvalue weighted by Crippen LogP contribution is -2.19. The van der Waals surface area contributed by atoms with Crippen molar-refractivity contribution in [1.82, 2.24) is 5.32 Å². The number of carboxylic acids is 1. The Kier molecular flexibility index (Phi) is 6.16. The summed E-state index contributed by atoms with van der Waals surface area (Å²) in [6.07, 6.45) is 1.63. The number of amides is 1. The van der Waals surface area contributed by atoms with E-state index in [-0.39, 0.29) is 18.9 Å². The van der Waals surface area contributed by atoms with Gasteiger partial charge in [0.15, 0.2) is 5.17 Å². The topological polar surface area (TPSA) is 88.0 Å². The lowest BCUT2D eigenvalue weighted by atomic mass is 10.1. The predicted octanol–water partition coefficient (Wildman–Crippen LogP) is 4.05. The Morgan fingerprint density at radius 1 is 1.25 bits per heavy atom. The van der Waals surface area contributed by atoms with Crippen molar-refractivity contribution in [2.45, 2.75) is 20.3 Å². The zero-order chi connectivity index (χ0) is 20.1. The van der Waals surface area contributed by atoms with E-state index in [1.807, 2.05) is 44.2 Å². The molecule has 2 aromatic carbocycles. The standard InChI is InChI=1S/C21H20N2O4S/c1-13-7-8-16(14(2)11-13)22-21-23-20(26)18(28-21)12-15-5-3-4-6-17(15)27-10-9-19(24)25/h3-8,11-12H,9-10H2,1-2H3,(H,24,25)(H,22,23,26)/b18-12+. The zero-order valence-electron chi connectivity index (χ0n) is 15.6. The summed E-state index contributed by atoms with van der Waals surface area (Å²) in [5.41, 5.74) is 3.71. The van der Waals surface area contributed by atoms with Gasteiger partial charge in [-0.25, -0.2) is 4.99 Å². The Labute approximate surface area is 167 Å². The van der Waals surface area contributed by atoms with Gasteiger partial charge in [-0.3, -0.25) is 9.59 Å². The lowest BCUT2D eigenvalue weighted by Gasteiger charge is -2.08. The van der Waals surface area contributed by atoms with Crippen molar-refractivity contribution in [2.75, 3.05) is 6.61 Å². The van der Waals surface area contributed by atoms with Crippen LogP contribution in [0.5, 0.6) is 5.75 Å². The van der Waals surface area contributed by atoms with Gasteiger partial charge in [-0.1, -0.05) is 35.9 Å². The van der Waals surface area contributed by atoms with E-state index < -0.39 is 5.97 Å². The van der Waals surface area contributed by atoms with Gasteiger partial charge in [0.2, 0.25) is 0 Å². The molecular formula is C21H20N2O4S. The van der Waals surface area contributed by atoms with Crippen LogP contribution in [0, 0.1) is 13.8 Å². The van der Waals surface area contributed by atoms with E-state index in [1.54, 1.807) is 18.2 Å². The molecule has 3 rings (SSSR count). The van der Waals surface area contributed by atoms with Gasteiger partial charge >= 0.3 is 5.97 Å². The third-order valence-electron chi connectivity index (χ3n) is 4.00. The number of aliphatic imine (C=N–C) groups is 1. The number of amidine groups is 1. The summed E-state index contributed by atoms with van der Waals surface area (Å²) < 4.78 is 5.55. The first kappa shape index (κ1) is 19.7. The molecule has 0 aromatic heterocycles. The van der Waals surface area contributed by atoms with Crippen LogP contribution in [0.15, 0.2) is 52.4 Å². The van der Waals surface area contributed by atoms with Crippen molar-refractivity contribution in [1.29, 1.82) is 0 Å². The van der Waals surface area contributed by atoms with Crippen LogP contribution in [0.2, 0.25) is 0 Å². The van der Waals surface area contributed by atoms with Crippen LogP contribution in [-0.2, 0) is 9.59 Å². The minimum atomic E-state index is -0.922. The van der Waals surface area contributed by atoms with Crippen molar-refractivity contribution >= 4 is 40.6 Å². The minimum absolute atomic E-state index is 0.0638. The second-order valence-electron chi connectivity index (χ2n) is 6.30. The summed E-state index contributed by atoms with van der Waals surface area (Å²) in [5, 5.41) is 12.0. The van der Waals surface area contributed by atoms with E-state index >= 15 is 0 Å². The number of ether oxygens (including phenoxy) is 1. The van der Waals surface area contributed by atoms with Crippen molar-refractivity contribution in [3.05, 3.63) is 64.1 Å². The summed E-state index contributed by atoms with van der Waals surface area (Å²) in [6.45, 7) is 4.07. The van der Waals surface area contributed by atoms with Gasteiger partial charge in [0, 0.05) is 5.56 Å². The number of aryl methyl sites for hydroxylation is 2. The molecule has 1 saturated heterocycles. The molecule has 0 aliphatic carbocycles. The van der Waals surface area contributed by atoms with Gasteiger partial charge in [0.1, 0.15) is 5.75 Å². The zero-order valence-corrected chi connectivity index (χ0v) is 16.4. The highest BCUT2D eigenvalue weighted by atomic mass is 32.2. The lowest BCUT2D eigenvalue weighted by molar-refractivity contribution is -0.137. The second kappa shape index (κ2) is 8.75. The Bertz CT molecular complexity index is 982. The molecule has 0 atom stereocenters. The van der Waals surface area contributed by atoms with Gasteiger partial charge < -0.3 is 15.2 Å². The smallest absolute Gasteiger partial charge is 0.306 e. The molecule has 1 fully saturated rings. The van der Waals surface area contributed by atoms with E-state index in [9.17, 15) is 9.59 Å². The number of hydrogen-bond donors (Lipinski definition) is 2. The monoisotopic (exact) mass is 396 g/mol. The SMILES string of the molecule is Cc1ccc(N=C2NC(=O)/C(=C\c3ccccc3OCCC(=O)O)S2)c(C)c1. The fourth-order valence-electron chi connectivity index (χ4n) is 2.64. The van der Waals surface area contributed by atoms with Crippen LogP contribution >= 0.6 is 11.8 Å². The van der Waals surface area contributed by atoms with E-state index in [1.165, 1.54) is 11.8 Å². The summed E-state index contributed by atoms with van der Waals surface area (Å²) in [6, 6.07) is 13.1. The molecule has 1 heterocycles. The average molecular weight is 396 g/mol. The van der Waals surface area contributed by atoms with E-state index in [4.69, 9.17) is 9.84 Å². The maximum absolute atomic E-state index is 12.3. The second-order valence-corrected chi connectivity index (χ2v) is 7.33. The van der Waals surface area contributed by atoms with Gasteiger partial charge in [0.25, 0.3) is 5.91 Å². The number of carboxylic acid groups (broad SMARTS) is 1. The summed E-state index contributed by atoms with van der Waals surface area (Å²) in [7, 11) is 0. The molecule has 1 aliphatic heterocycles. The molecule has 144 valence electrons. The first-order valence-electron chi connectivity index (χ1n) is 8.73. The molecule has 0 radical (unpaired) electrons. The molecule has 0 spiro atoms. The van der Waals surface area contributed by atoms with Crippen LogP contribution in [-0.4, -0.2) is 28.8 Å². The minimum Gasteiger partial charge on any atom is -0.492 e. The van der Waals surface area contributed by atoms with Gasteiger partial charge in [-0.15, -0.1) is 0 Å². The summed E-state index contributed by atoms with van der Waals surface area (Å²) in [4.78, 5) is 28.0. The number of nitrogens with zero attached hydrogens (tertiary/aromatic N) is 1. The van der Waals surface area contributed by atoms with Crippen molar-refractivity contribution < 1.29 is 19.4 Å². The van der Waals surface area contributed by atoms with Crippen LogP contribution in [0.4, 0.5) is 5.69 Å². The van der Waals surface area contributed by atoms with Gasteiger partial charge in [-0.05, 0) is 49.4 Å². The molecule has 0 bridgehead atoms. The largest absolute Gasteiger partial charge is 0.492 e. The number of carbonyl (C=O) groups excluding carboxylic acids is 1. The Hall–Kier alpha value is -3.06. The normalized spacial score (nSPS) is 16.4. The molecule has 6 nitrogen and oxygen atoms in total. The highest BCUT2D eigenvalue weighted by Gasteiger charge is 2.24. The van der Waals surface area contributed by atoms with Gasteiger partial charge in [0.05, 0.1) is 23.6 Å². The molecule has 7 heteroatoms. The van der Waals surface area contributed by atoms with Crippen molar-refractivity contribution in [3.8, 4) is 5.75 Å². The number of benzene rings is 2. The fourth-order valence-corrected chi connectivity index (χ4v) is 3.47. The predicted molar refractivity (Wildman–Crippen MR) is 111 cm³/mol. The van der Waals surface area contributed by atoms with Crippen LogP contribution in [0.25, 0.3) is 6.08 Å². The fraction of sp³-hybridized carbons (Fsp3) is 0.190. The summed E-state index contributed by atoms with van der Waals surface area (Å²) in [5.74, 6) is -0.618. The number of carbonyl (C=O) groups is 2.